The van der Waals surface area contributed by atoms with Crippen LogP contribution >= 0.6 is 0 Å². The zero-order valence-electron chi connectivity index (χ0n) is 13.1. The average Bonchev–Trinajstić information content (AvgIpc) is 2.90. The Balaban J connectivity index is 1.64. The summed E-state index contributed by atoms with van der Waals surface area (Å²) in [5.41, 5.74) is 0.877. The van der Waals surface area contributed by atoms with E-state index in [1.54, 1.807) is 30.6 Å². The van der Waals surface area contributed by atoms with Gasteiger partial charge in [-0.15, -0.1) is 0 Å². The number of aliphatic hydroxyl groups excluding tert-OH is 2. The summed E-state index contributed by atoms with van der Waals surface area (Å²) < 4.78 is 5.41. The molecule has 0 bridgehead atoms. The summed E-state index contributed by atoms with van der Waals surface area (Å²) in [7, 11) is 0. The van der Waals surface area contributed by atoms with E-state index in [9.17, 15) is 15.0 Å². The summed E-state index contributed by atoms with van der Waals surface area (Å²) in [4.78, 5) is 16.2. The highest BCUT2D eigenvalue weighted by molar-refractivity contribution is 5.78. The van der Waals surface area contributed by atoms with Gasteiger partial charge in [0.2, 0.25) is 0 Å². The molecular formula is C18H20N2O4. The number of carbonyl (C=O) groups is 1. The van der Waals surface area contributed by atoms with Crippen LogP contribution in [0.5, 0.6) is 5.75 Å². The van der Waals surface area contributed by atoms with Crippen LogP contribution in [0, 0.1) is 0 Å². The van der Waals surface area contributed by atoms with Crippen LogP contribution in [0.1, 0.15) is 17.9 Å². The lowest BCUT2D eigenvalue weighted by atomic mass is 9.95. The van der Waals surface area contributed by atoms with E-state index in [-0.39, 0.29) is 18.4 Å². The van der Waals surface area contributed by atoms with E-state index in [1.807, 2.05) is 24.3 Å². The van der Waals surface area contributed by atoms with Crippen LogP contribution in [-0.2, 0) is 4.79 Å². The number of aliphatic hydroxyl groups is 2. The topological polar surface area (TPSA) is 91.7 Å². The predicted octanol–water partition coefficient (Wildman–Crippen LogP) is 0.854. The van der Waals surface area contributed by atoms with Crippen LogP contribution in [0.25, 0.3) is 0 Å². The smallest absolute Gasteiger partial charge is 0.258 e. The molecule has 0 saturated heterocycles. The Morgan fingerprint density at radius 3 is 2.71 bits per heavy atom. The molecule has 1 aliphatic carbocycles. The molecule has 0 aliphatic heterocycles. The molecule has 1 saturated carbocycles. The van der Waals surface area contributed by atoms with Crippen molar-refractivity contribution in [3.05, 3.63) is 60.4 Å². The lowest BCUT2D eigenvalue weighted by molar-refractivity contribution is -0.124. The Bertz CT molecular complexity index is 665. The zero-order valence-corrected chi connectivity index (χ0v) is 13.1. The highest BCUT2D eigenvalue weighted by Crippen LogP contribution is 2.34. The molecular weight excluding hydrogens is 308 g/mol. The van der Waals surface area contributed by atoms with E-state index >= 15 is 0 Å². The number of rotatable bonds is 5. The molecule has 126 valence electrons. The number of amides is 1. The second-order valence-corrected chi connectivity index (χ2v) is 5.88. The average molecular weight is 328 g/mol. The highest BCUT2D eigenvalue weighted by atomic mass is 16.5. The third-order valence-electron chi connectivity index (χ3n) is 4.24. The van der Waals surface area contributed by atoms with Gasteiger partial charge in [0.1, 0.15) is 11.9 Å². The third kappa shape index (κ3) is 3.72. The van der Waals surface area contributed by atoms with Crippen LogP contribution in [-0.4, -0.2) is 46.0 Å². The van der Waals surface area contributed by atoms with Gasteiger partial charge in [-0.2, -0.15) is 0 Å². The number of nitrogens with one attached hydrogen (secondary N) is 1. The fraction of sp³-hybridized carbons (Fsp3) is 0.333. The molecule has 6 heteroatoms. The first kappa shape index (κ1) is 16.4. The predicted molar refractivity (Wildman–Crippen MR) is 87.5 cm³/mol. The molecule has 3 rings (SSSR count). The summed E-state index contributed by atoms with van der Waals surface area (Å²) in [6.45, 7) is -0.150. The first-order valence-electron chi connectivity index (χ1n) is 7.88. The number of carbonyl (C=O) groups excluding carboxylic acids is 1. The van der Waals surface area contributed by atoms with E-state index in [0.717, 1.165) is 5.56 Å². The molecule has 1 fully saturated rings. The first-order valence-corrected chi connectivity index (χ1v) is 7.88. The number of pyridine rings is 1. The zero-order chi connectivity index (χ0) is 16.9. The number of ether oxygens (including phenoxy) is 1. The van der Waals surface area contributed by atoms with Crippen molar-refractivity contribution in [2.24, 2.45) is 0 Å². The van der Waals surface area contributed by atoms with E-state index in [0.29, 0.717) is 12.2 Å². The molecule has 1 heterocycles. The fourth-order valence-electron chi connectivity index (χ4n) is 3.04. The van der Waals surface area contributed by atoms with Gasteiger partial charge in [0.15, 0.2) is 6.61 Å². The molecule has 4 atom stereocenters. The highest BCUT2D eigenvalue weighted by Gasteiger charge is 2.43. The maximum Gasteiger partial charge on any atom is 0.258 e. The van der Waals surface area contributed by atoms with Crippen LogP contribution in [0.3, 0.4) is 0 Å². The number of para-hydroxylation sites is 1. The summed E-state index contributed by atoms with van der Waals surface area (Å²) in [5.74, 6) is 0.0683. The third-order valence-corrected chi connectivity index (χ3v) is 4.24. The number of benzene rings is 1. The Morgan fingerprint density at radius 2 is 2.00 bits per heavy atom. The van der Waals surface area contributed by atoms with Crippen molar-refractivity contribution in [1.82, 2.24) is 10.3 Å². The summed E-state index contributed by atoms with van der Waals surface area (Å²) in [5, 5.41) is 22.9. The SMILES string of the molecule is O=C(COc1ccccc1)NC1C(c2cccnc2)CC(O)C1O. The van der Waals surface area contributed by atoms with Crippen molar-refractivity contribution in [2.45, 2.75) is 30.6 Å². The molecule has 24 heavy (non-hydrogen) atoms. The van der Waals surface area contributed by atoms with E-state index < -0.39 is 18.2 Å². The number of nitrogens with zero attached hydrogens (tertiary/aromatic N) is 1. The lowest BCUT2D eigenvalue weighted by Gasteiger charge is -2.23. The van der Waals surface area contributed by atoms with Gasteiger partial charge < -0.3 is 20.3 Å². The van der Waals surface area contributed by atoms with Gasteiger partial charge in [0, 0.05) is 18.3 Å². The molecule has 1 aliphatic rings. The number of hydrogen-bond acceptors (Lipinski definition) is 5. The second kappa shape index (κ2) is 7.42. The molecule has 0 radical (unpaired) electrons. The minimum atomic E-state index is -1.02. The van der Waals surface area contributed by atoms with E-state index in [1.165, 1.54) is 0 Å². The fourth-order valence-corrected chi connectivity index (χ4v) is 3.04. The van der Waals surface area contributed by atoms with Crippen molar-refractivity contribution in [1.29, 1.82) is 0 Å². The van der Waals surface area contributed by atoms with E-state index in [4.69, 9.17) is 4.74 Å². The van der Waals surface area contributed by atoms with Gasteiger partial charge in [-0.1, -0.05) is 24.3 Å². The minimum absolute atomic E-state index is 0.150. The van der Waals surface area contributed by atoms with Crippen molar-refractivity contribution >= 4 is 5.91 Å². The molecule has 1 aromatic heterocycles. The molecule has 6 nitrogen and oxygen atoms in total. The van der Waals surface area contributed by atoms with Gasteiger partial charge in [0.25, 0.3) is 5.91 Å². The maximum absolute atomic E-state index is 12.2. The second-order valence-electron chi connectivity index (χ2n) is 5.88. The monoisotopic (exact) mass is 328 g/mol. The normalized spacial score (nSPS) is 26.1. The van der Waals surface area contributed by atoms with Gasteiger partial charge in [-0.25, -0.2) is 0 Å². The standard InChI is InChI=1S/C18H20N2O4/c21-15-9-14(12-5-4-8-19-10-12)17(18(15)23)20-16(22)11-24-13-6-2-1-3-7-13/h1-8,10,14-15,17-18,21,23H,9,11H2,(H,20,22). The Morgan fingerprint density at radius 1 is 1.21 bits per heavy atom. The molecule has 3 N–H and O–H groups in total. The molecule has 0 spiro atoms. The summed E-state index contributed by atoms with van der Waals surface area (Å²) in [6, 6.07) is 12.1. The molecule has 1 aromatic carbocycles. The van der Waals surface area contributed by atoms with Crippen LogP contribution in [0.2, 0.25) is 0 Å². The van der Waals surface area contributed by atoms with Crippen molar-refractivity contribution in [2.75, 3.05) is 6.61 Å². The van der Waals surface area contributed by atoms with Crippen molar-refractivity contribution in [3.8, 4) is 5.75 Å². The number of aromatic nitrogens is 1. The lowest BCUT2D eigenvalue weighted by Crippen LogP contribution is -2.46. The Kier molecular flexibility index (Phi) is 5.08. The maximum atomic E-state index is 12.2. The Hall–Kier alpha value is -2.44. The van der Waals surface area contributed by atoms with E-state index in [2.05, 4.69) is 10.3 Å². The van der Waals surface area contributed by atoms with Gasteiger partial charge >= 0.3 is 0 Å². The first-order chi connectivity index (χ1) is 11.6. The minimum Gasteiger partial charge on any atom is -0.484 e. The van der Waals surface area contributed by atoms with Crippen molar-refractivity contribution in [3.63, 3.8) is 0 Å². The van der Waals surface area contributed by atoms with Gasteiger partial charge in [-0.05, 0) is 30.2 Å². The Labute approximate surface area is 140 Å². The van der Waals surface area contributed by atoms with Crippen LogP contribution in [0.15, 0.2) is 54.9 Å². The molecule has 2 aromatic rings. The molecule has 4 unspecified atom stereocenters. The van der Waals surface area contributed by atoms with Crippen molar-refractivity contribution < 1.29 is 19.7 Å². The van der Waals surface area contributed by atoms with Gasteiger partial charge in [0.05, 0.1) is 12.1 Å². The number of hydrogen-bond donors (Lipinski definition) is 3. The largest absolute Gasteiger partial charge is 0.484 e. The summed E-state index contributed by atoms with van der Waals surface area (Å²) >= 11 is 0. The van der Waals surface area contributed by atoms with Gasteiger partial charge in [-0.3, -0.25) is 9.78 Å². The molecule has 1 amide bonds. The quantitative estimate of drug-likeness (QED) is 0.757. The van der Waals surface area contributed by atoms with Crippen LogP contribution in [0.4, 0.5) is 0 Å². The van der Waals surface area contributed by atoms with Crippen LogP contribution < -0.4 is 10.1 Å². The summed E-state index contributed by atoms with van der Waals surface area (Å²) in [6.07, 6.45) is 1.82.